The lowest BCUT2D eigenvalue weighted by molar-refractivity contribution is -0.137. The number of fused-ring (bicyclic) bond motifs is 2. The number of alkyl halides is 3. The molecule has 4 aromatic heterocycles. The molecule has 1 unspecified atom stereocenters. The van der Waals surface area contributed by atoms with E-state index in [1.807, 2.05) is 21.7 Å². The molecule has 0 radical (unpaired) electrons. The first kappa shape index (κ1) is 18.4. The number of halogens is 3. The highest BCUT2D eigenvalue weighted by Gasteiger charge is 2.36. The molecule has 6 rings (SSSR count). The van der Waals surface area contributed by atoms with Gasteiger partial charge in [0.25, 0.3) is 0 Å². The molecule has 31 heavy (non-hydrogen) atoms. The summed E-state index contributed by atoms with van der Waals surface area (Å²) < 4.78 is 40.9. The van der Waals surface area contributed by atoms with Gasteiger partial charge in [0.05, 0.1) is 28.8 Å². The summed E-state index contributed by atoms with van der Waals surface area (Å²) in [6, 6.07) is 8.42. The van der Waals surface area contributed by atoms with Gasteiger partial charge in [0.1, 0.15) is 11.9 Å². The molecule has 0 saturated heterocycles. The number of anilines is 1. The van der Waals surface area contributed by atoms with Crippen molar-refractivity contribution in [1.82, 2.24) is 24.6 Å². The summed E-state index contributed by atoms with van der Waals surface area (Å²) in [5.41, 5.74) is 4.27. The van der Waals surface area contributed by atoms with Crippen LogP contribution in [0.4, 0.5) is 19.0 Å². The highest BCUT2D eigenvalue weighted by molar-refractivity contribution is 5.60. The minimum absolute atomic E-state index is 0.328. The Bertz CT molecular complexity index is 1250. The molecule has 0 aromatic carbocycles. The molecule has 1 aliphatic heterocycles. The van der Waals surface area contributed by atoms with Crippen LogP contribution in [0.2, 0.25) is 0 Å². The summed E-state index contributed by atoms with van der Waals surface area (Å²) in [6.07, 6.45) is 3.15. The average Bonchev–Trinajstić information content (AvgIpc) is 3.32. The maximum absolute atomic E-state index is 13.0. The van der Waals surface area contributed by atoms with Gasteiger partial charge in [-0.3, -0.25) is 0 Å². The first-order chi connectivity index (χ1) is 15.0. The Morgan fingerprint density at radius 3 is 2.71 bits per heavy atom. The molecule has 6 nitrogen and oxygen atoms in total. The fraction of sp³-hybridized carbons (Fsp3) is 0.318. The van der Waals surface area contributed by atoms with Gasteiger partial charge in [-0.15, -0.1) is 0 Å². The van der Waals surface area contributed by atoms with Gasteiger partial charge in [-0.05, 0) is 48.6 Å². The average molecular weight is 424 g/mol. The minimum Gasteiger partial charge on any atom is -0.348 e. The van der Waals surface area contributed by atoms with Crippen LogP contribution in [0.25, 0.3) is 5.52 Å². The Hall–Kier alpha value is -3.36. The van der Waals surface area contributed by atoms with Crippen molar-refractivity contribution in [1.29, 1.82) is 0 Å². The van der Waals surface area contributed by atoms with E-state index in [0.717, 1.165) is 34.9 Å². The standard InChI is InChI=1S/C22H19F3N6/c23-22(24,25)14-5-6-19(26-11-14)30-9-7-16-20(28-12-27-16)21(30)17-10-18-15(13-3-4-13)2-1-8-31(18)29-17/h1-2,5-6,8,10-13,21H,3-4,7,9H2,(H,27,28). The van der Waals surface area contributed by atoms with E-state index in [4.69, 9.17) is 5.10 Å². The molecular weight excluding hydrogens is 405 g/mol. The molecule has 1 saturated carbocycles. The van der Waals surface area contributed by atoms with E-state index in [1.165, 1.54) is 24.5 Å². The van der Waals surface area contributed by atoms with Gasteiger partial charge in [0, 0.05) is 31.1 Å². The number of hydrogen-bond acceptors (Lipinski definition) is 4. The molecule has 1 fully saturated rings. The Morgan fingerprint density at radius 1 is 1.10 bits per heavy atom. The number of nitrogens with one attached hydrogen (secondary N) is 1. The van der Waals surface area contributed by atoms with Crippen molar-refractivity contribution in [3.63, 3.8) is 0 Å². The zero-order chi connectivity index (χ0) is 21.2. The molecule has 5 heterocycles. The smallest absolute Gasteiger partial charge is 0.348 e. The Kier molecular flexibility index (Phi) is 3.90. The van der Waals surface area contributed by atoms with Crippen LogP contribution in [0.1, 0.15) is 53.0 Å². The molecule has 1 N–H and O–H groups in total. The predicted octanol–water partition coefficient (Wildman–Crippen LogP) is 4.50. The van der Waals surface area contributed by atoms with Crippen LogP contribution in [-0.4, -0.2) is 31.1 Å². The van der Waals surface area contributed by atoms with E-state index >= 15 is 0 Å². The number of aromatic amines is 1. The summed E-state index contributed by atoms with van der Waals surface area (Å²) in [4.78, 5) is 13.9. The molecule has 0 bridgehead atoms. The van der Waals surface area contributed by atoms with Gasteiger partial charge in [0.15, 0.2) is 0 Å². The maximum atomic E-state index is 13.0. The first-order valence-corrected chi connectivity index (χ1v) is 10.3. The molecular formula is C22H19F3N6. The fourth-order valence-electron chi connectivity index (χ4n) is 4.48. The van der Waals surface area contributed by atoms with Gasteiger partial charge >= 0.3 is 6.18 Å². The third-order valence-corrected chi connectivity index (χ3v) is 6.15. The number of imidazole rings is 1. The lowest BCUT2D eigenvalue weighted by atomic mass is 9.99. The topological polar surface area (TPSA) is 62.1 Å². The maximum Gasteiger partial charge on any atom is 0.417 e. The molecule has 4 aromatic rings. The van der Waals surface area contributed by atoms with Crippen LogP contribution in [0.5, 0.6) is 0 Å². The Morgan fingerprint density at radius 2 is 1.97 bits per heavy atom. The number of aromatic nitrogens is 5. The van der Waals surface area contributed by atoms with E-state index in [0.29, 0.717) is 24.7 Å². The molecule has 0 amide bonds. The largest absolute Gasteiger partial charge is 0.417 e. The van der Waals surface area contributed by atoms with Gasteiger partial charge in [-0.25, -0.2) is 14.5 Å². The van der Waals surface area contributed by atoms with Crippen molar-refractivity contribution in [3.8, 4) is 0 Å². The van der Waals surface area contributed by atoms with Crippen molar-refractivity contribution < 1.29 is 13.2 Å². The quantitative estimate of drug-likeness (QED) is 0.526. The van der Waals surface area contributed by atoms with Crippen LogP contribution in [0.3, 0.4) is 0 Å². The van der Waals surface area contributed by atoms with Crippen LogP contribution in [0, 0.1) is 0 Å². The molecule has 1 aliphatic carbocycles. The second-order valence-electron chi connectivity index (χ2n) is 8.15. The normalized spacial score (nSPS) is 19.1. The second-order valence-corrected chi connectivity index (χ2v) is 8.15. The van der Waals surface area contributed by atoms with Gasteiger partial charge in [-0.2, -0.15) is 18.3 Å². The third-order valence-electron chi connectivity index (χ3n) is 6.15. The number of hydrogen-bond donors (Lipinski definition) is 1. The van der Waals surface area contributed by atoms with Crippen LogP contribution < -0.4 is 4.90 Å². The summed E-state index contributed by atoms with van der Waals surface area (Å²) in [5, 5.41) is 4.83. The number of pyridine rings is 2. The van der Waals surface area contributed by atoms with E-state index in [1.54, 1.807) is 6.33 Å². The highest BCUT2D eigenvalue weighted by atomic mass is 19.4. The summed E-state index contributed by atoms with van der Waals surface area (Å²) in [6.45, 7) is 0.599. The molecule has 158 valence electrons. The number of nitrogens with zero attached hydrogens (tertiary/aromatic N) is 5. The Labute approximate surface area is 175 Å². The van der Waals surface area contributed by atoms with Crippen LogP contribution in [-0.2, 0) is 12.6 Å². The van der Waals surface area contributed by atoms with Crippen molar-refractivity contribution in [2.75, 3.05) is 11.4 Å². The van der Waals surface area contributed by atoms with Gasteiger partial charge in [-0.1, -0.05) is 6.07 Å². The number of rotatable bonds is 3. The van der Waals surface area contributed by atoms with Crippen molar-refractivity contribution in [2.45, 2.75) is 37.4 Å². The highest BCUT2D eigenvalue weighted by Crippen LogP contribution is 2.43. The molecule has 9 heteroatoms. The summed E-state index contributed by atoms with van der Waals surface area (Å²) >= 11 is 0. The first-order valence-electron chi connectivity index (χ1n) is 10.3. The SMILES string of the molecule is FC(F)(F)c1ccc(N2CCc3[nH]cnc3C2c2cc3c(C4CC4)cccn3n2)nc1. The number of H-pyrrole nitrogens is 1. The zero-order valence-corrected chi connectivity index (χ0v) is 16.5. The lowest BCUT2D eigenvalue weighted by Crippen LogP contribution is -2.37. The molecule has 0 spiro atoms. The van der Waals surface area contributed by atoms with Crippen molar-refractivity contribution in [2.24, 2.45) is 0 Å². The predicted molar refractivity (Wildman–Crippen MR) is 108 cm³/mol. The summed E-state index contributed by atoms with van der Waals surface area (Å²) in [7, 11) is 0. The Balaban J connectivity index is 1.46. The van der Waals surface area contributed by atoms with Gasteiger partial charge < -0.3 is 9.88 Å². The van der Waals surface area contributed by atoms with E-state index < -0.39 is 11.7 Å². The molecule has 2 aliphatic rings. The van der Waals surface area contributed by atoms with Crippen molar-refractivity contribution >= 4 is 11.3 Å². The third kappa shape index (κ3) is 3.07. The minimum atomic E-state index is -4.41. The van der Waals surface area contributed by atoms with Crippen molar-refractivity contribution in [3.05, 3.63) is 77.3 Å². The molecule has 1 atom stereocenters. The van der Waals surface area contributed by atoms with Gasteiger partial charge in [0.2, 0.25) is 0 Å². The summed E-state index contributed by atoms with van der Waals surface area (Å²) in [5.74, 6) is 1.05. The lowest BCUT2D eigenvalue weighted by Gasteiger charge is -2.35. The van der Waals surface area contributed by atoms with Crippen LogP contribution in [0.15, 0.2) is 49.1 Å². The zero-order valence-electron chi connectivity index (χ0n) is 16.5. The monoisotopic (exact) mass is 424 g/mol. The van der Waals surface area contributed by atoms with E-state index in [9.17, 15) is 13.2 Å². The van der Waals surface area contributed by atoms with E-state index in [2.05, 4.69) is 27.1 Å². The van der Waals surface area contributed by atoms with Crippen LogP contribution >= 0.6 is 0 Å². The second kappa shape index (κ2) is 6.57. The fourth-order valence-corrected chi connectivity index (χ4v) is 4.48. The van der Waals surface area contributed by atoms with E-state index in [-0.39, 0.29) is 6.04 Å².